The number of halogens is 1. The first-order chi connectivity index (χ1) is 12.6. The normalized spacial score (nSPS) is 12.3. The van der Waals surface area contributed by atoms with Gasteiger partial charge >= 0.3 is 0 Å². The fraction of sp³-hybridized carbons (Fsp3) is 0.125. The van der Waals surface area contributed by atoms with Crippen LogP contribution >= 0.6 is 15.9 Å². The second-order valence-electron chi connectivity index (χ2n) is 5.58. The third-order valence-corrected chi connectivity index (χ3v) is 6.96. The molecule has 3 rings (SSSR count). The number of hydrogen-bond acceptors (Lipinski definition) is 6. The molecule has 2 N–H and O–H groups in total. The van der Waals surface area contributed by atoms with E-state index in [0.29, 0.717) is 5.56 Å². The third-order valence-electron chi connectivity index (χ3n) is 3.83. The summed E-state index contributed by atoms with van der Waals surface area (Å²) in [4.78, 5) is 0.287. The molecule has 0 saturated carbocycles. The molecular formula is C16H15BrN4O4S2. The van der Waals surface area contributed by atoms with Gasteiger partial charge in [-0.3, -0.25) is 4.57 Å². The second kappa shape index (κ2) is 7.15. The molecule has 8 nitrogen and oxygen atoms in total. The van der Waals surface area contributed by atoms with Crippen LogP contribution in [0.5, 0.6) is 0 Å². The highest BCUT2D eigenvalue weighted by atomic mass is 79.9. The van der Waals surface area contributed by atoms with E-state index < -0.39 is 19.9 Å². The topological polar surface area (TPSA) is 125 Å². The van der Waals surface area contributed by atoms with Gasteiger partial charge in [0.2, 0.25) is 9.84 Å². The van der Waals surface area contributed by atoms with Crippen LogP contribution in [0.3, 0.4) is 0 Å². The van der Waals surface area contributed by atoms with Crippen molar-refractivity contribution in [3.05, 3.63) is 53.0 Å². The zero-order valence-corrected chi connectivity index (χ0v) is 17.3. The van der Waals surface area contributed by atoms with E-state index in [9.17, 15) is 16.8 Å². The monoisotopic (exact) mass is 470 g/mol. The summed E-state index contributed by atoms with van der Waals surface area (Å²) in [5.74, 6) is 0.286. The van der Waals surface area contributed by atoms with E-state index in [1.54, 1.807) is 31.2 Å². The van der Waals surface area contributed by atoms with Gasteiger partial charge in [-0.1, -0.05) is 15.9 Å². The predicted molar refractivity (Wildman–Crippen MR) is 102 cm³/mol. The Bertz CT molecular complexity index is 1190. The third kappa shape index (κ3) is 3.81. The van der Waals surface area contributed by atoms with Gasteiger partial charge in [-0.2, -0.15) is 0 Å². The Morgan fingerprint density at radius 1 is 0.926 bits per heavy atom. The molecule has 27 heavy (non-hydrogen) atoms. The van der Waals surface area contributed by atoms with Crippen molar-refractivity contribution in [2.45, 2.75) is 28.4 Å². The molecule has 0 aliphatic carbocycles. The molecule has 0 atom stereocenters. The van der Waals surface area contributed by atoms with Crippen LogP contribution in [0.4, 0.5) is 0 Å². The van der Waals surface area contributed by atoms with Gasteiger partial charge in [0.25, 0.3) is 15.2 Å². The predicted octanol–water partition coefficient (Wildman–Crippen LogP) is 2.21. The van der Waals surface area contributed by atoms with E-state index >= 15 is 0 Å². The van der Waals surface area contributed by atoms with E-state index in [2.05, 4.69) is 26.1 Å². The average Bonchev–Trinajstić information content (AvgIpc) is 3.06. The Morgan fingerprint density at radius 3 is 1.93 bits per heavy atom. The van der Waals surface area contributed by atoms with Crippen molar-refractivity contribution in [1.82, 2.24) is 14.8 Å². The Morgan fingerprint density at radius 2 is 1.44 bits per heavy atom. The van der Waals surface area contributed by atoms with Gasteiger partial charge in [-0.15, -0.1) is 10.2 Å². The molecule has 1 aromatic heterocycles. The van der Waals surface area contributed by atoms with Gasteiger partial charge in [-0.05, 0) is 55.5 Å². The van der Waals surface area contributed by atoms with Crippen LogP contribution in [-0.2, 0) is 26.4 Å². The number of rotatable bonds is 5. The zero-order chi connectivity index (χ0) is 19.8. The minimum absolute atomic E-state index is 0.114. The Kier molecular flexibility index (Phi) is 5.21. The molecule has 0 unspecified atom stereocenters. The molecule has 0 aliphatic rings. The maximum absolute atomic E-state index is 12.7. The van der Waals surface area contributed by atoms with Crippen molar-refractivity contribution in [2.75, 3.05) is 0 Å². The minimum Gasteiger partial charge on any atom is -0.297 e. The summed E-state index contributed by atoms with van der Waals surface area (Å²) in [7, 11) is -7.68. The molecule has 0 amide bonds. The first-order valence-electron chi connectivity index (χ1n) is 7.71. The van der Waals surface area contributed by atoms with Crippen LogP contribution in [0, 0.1) is 0 Å². The molecule has 2 aromatic carbocycles. The Balaban J connectivity index is 2.02. The molecule has 142 valence electrons. The van der Waals surface area contributed by atoms with Gasteiger partial charge < -0.3 is 0 Å². The summed E-state index contributed by atoms with van der Waals surface area (Å²) in [5.41, 5.74) is 0.522. The van der Waals surface area contributed by atoms with Crippen LogP contribution < -0.4 is 5.14 Å². The smallest absolute Gasteiger partial charge is 0.273 e. The Labute approximate surface area is 165 Å². The number of aromatic nitrogens is 3. The van der Waals surface area contributed by atoms with Crippen LogP contribution in [0.2, 0.25) is 0 Å². The SMILES string of the molecule is CCn1c(-c2ccc(S(=O)(=O)c3ccc(Br)cc3)cc2)nnc1S(N)(=O)=O. The first-order valence-corrected chi connectivity index (χ1v) is 11.5. The molecule has 0 saturated heterocycles. The number of nitrogens with zero attached hydrogens (tertiary/aromatic N) is 3. The summed E-state index contributed by atoms with van der Waals surface area (Å²) >= 11 is 3.27. The number of nitrogens with two attached hydrogens (primary N) is 1. The highest BCUT2D eigenvalue weighted by Gasteiger charge is 2.22. The second-order valence-corrected chi connectivity index (χ2v) is 9.90. The lowest BCUT2D eigenvalue weighted by Crippen LogP contribution is -2.18. The molecule has 0 fully saturated rings. The average molecular weight is 471 g/mol. The molecule has 0 aliphatic heterocycles. The molecule has 0 radical (unpaired) electrons. The van der Waals surface area contributed by atoms with E-state index in [1.165, 1.54) is 28.8 Å². The number of primary sulfonamides is 1. The van der Waals surface area contributed by atoms with Crippen molar-refractivity contribution in [3.8, 4) is 11.4 Å². The van der Waals surface area contributed by atoms with Crippen LogP contribution in [0.25, 0.3) is 11.4 Å². The first kappa shape index (κ1) is 19.7. The summed E-state index contributed by atoms with van der Waals surface area (Å²) in [6.07, 6.45) is 0. The van der Waals surface area contributed by atoms with Gasteiger partial charge in [0, 0.05) is 16.6 Å². The maximum Gasteiger partial charge on any atom is 0.273 e. The molecule has 0 bridgehead atoms. The molecule has 11 heteroatoms. The van der Waals surface area contributed by atoms with Crippen molar-refractivity contribution >= 4 is 35.8 Å². The molecule has 0 spiro atoms. The quantitative estimate of drug-likeness (QED) is 0.608. The largest absolute Gasteiger partial charge is 0.297 e. The number of sulfone groups is 1. The van der Waals surface area contributed by atoms with E-state index in [0.717, 1.165) is 4.47 Å². The number of benzene rings is 2. The van der Waals surface area contributed by atoms with Crippen molar-refractivity contribution in [3.63, 3.8) is 0 Å². The van der Waals surface area contributed by atoms with Gasteiger partial charge in [-0.25, -0.2) is 22.0 Å². The number of hydrogen-bond donors (Lipinski definition) is 1. The minimum atomic E-state index is -4.01. The standard InChI is InChI=1S/C16H15BrN4O4S2/c1-2-21-15(19-20-16(21)27(18,24)25)11-3-7-13(8-4-11)26(22,23)14-9-5-12(17)6-10-14/h3-10H,2H2,1H3,(H2,18,24,25). The fourth-order valence-corrected chi connectivity index (χ4v) is 4.73. The maximum atomic E-state index is 12.7. The van der Waals surface area contributed by atoms with Gasteiger partial charge in [0.15, 0.2) is 5.82 Å². The molecular weight excluding hydrogens is 456 g/mol. The summed E-state index contributed by atoms with van der Waals surface area (Å²) in [5, 5.41) is 12.3. The lowest BCUT2D eigenvalue weighted by Gasteiger charge is -2.08. The summed E-state index contributed by atoms with van der Waals surface area (Å²) in [6, 6.07) is 12.3. The summed E-state index contributed by atoms with van der Waals surface area (Å²) in [6.45, 7) is 2.01. The van der Waals surface area contributed by atoms with Crippen LogP contribution in [0.15, 0.2) is 68.0 Å². The highest BCUT2D eigenvalue weighted by molar-refractivity contribution is 9.10. The van der Waals surface area contributed by atoms with E-state index in [-0.39, 0.29) is 27.3 Å². The molecule has 3 aromatic rings. The van der Waals surface area contributed by atoms with Crippen molar-refractivity contribution in [2.24, 2.45) is 5.14 Å². The van der Waals surface area contributed by atoms with Crippen LogP contribution in [0.1, 0.15) is 6.92 Å². The lowest BCUT2D eigenvalue weighted by molar-refractivity contribution is 0.571. The van der Waals surface area contributed by atoms with Crippen LogP contribution in [-0.4, -0.2) is 31.6 Å². The van der Waals surface area contributed by atoms with E-state index in [4.69, 9.17) is 5.14 Å². The van der Waals surface area contributed by atoms with Gasteiger partial charge in [0.05, 0.1) is 9.79 Å². The van der Waals surface area contributed by atoms with E-state index in [1.807, 2.05) is 0 Å². The summed E-state index contributed by atoms with van der Waals surface area (Å²) < 4.78 is 50.7. The lowest BCUT2D eigenvalue weighted by atomic mass is 10.2. The number of sulfonamides is 1. The van der Waals surface area contributed by atoms with Gasteiger partial charge in [0.1, 0.15) is 0 Å². The van der Waals surface area contributed by atoms with Crippen molar-refractivity contribution in [1.29, 1.82) is 0 Å². The zero-order valence-electron chi connectivity index (χ0n) is 14.1. The fourth-order valence-electron chi connectivity index (χ4n) is 2.53. The van der Waals surface area contributed by atoms with Crippen molar-refractivity contribution < 1.29 is 16.8 Å². The molecule has 1 heterocycles. The highest BCUT2D eigenvalue weighted by Crippen LogP contribution is 2.26. The Hall–Kier alpha value is -2.08.